The number of nitrogen functional groups attached to an aromatic ring is 1. The van der Waals surface area contributed by atoms with Crippen LogP contribution in [0.1, 0.15) is 24.2 Å². The molecule has 1 rings (SSSR count). The first-order valence-corrected chi connectivity index (χ1v) is 5.07. The zero-order valence-corrected chi connectivity index (χ0v) is 10.0. The minimum Gasteiger partial charge on any atom is -0.493 e. The monoisotopic (exact) mass is 223 g/mol. The van der Waals surface area contributed by atoms with E-state index >= 15 is 0 Å². The molecule has 4 nitrogen and oxygen atoms in total. The van der Waals surface area contributed by atoms with Gasteiger partial charge < -0.3 is 15.2 Å². The molecular weight excluding hydrogens is 206 g/mol. The summed E-state index contributed by atoms with van der Waals surface area (Å²) in [6.45, 7) is 3.66. The van der Waals surface area contributed by atoms with Gasteiger partial charge in [-0.1, -0.05) is 13.8 Å². The molecular formula is C12H17NO3. The van der Waals surface area contributed by atoms with Crippen molar-refractivity contribution in [1.82, 2.24) is 0 Å². The lowest BCUT2D eigenvalue weighted by molar-refractivity contribution is 0.0940. The maximum Gasteiger partial charge on any atom is 0.167 e. The number of rotatable bonds is 4. The highest BCUT2D eigenvalue weighted by molar-refractivity contribution is 6.02. The SMILES string of the molecule is COc1cc(N)c(C(=O)C(C)C)cc1OC. The summed E-state index contributed by atoms with van der Waals surface area (Å²) in [5, 5.41) is 0. The lowest BCUT2D eigenvalue weighted by Crippen LogP contribution is -2.11. The van der Waals surface area contributed by atoms with Crippen LogP contribution < -0.4 is 15.2 Å². The van der Waals surface area contributed by atoms with Crippen molar-refractivity contribution in [2.24, 2.45) is 5.92 Å². The number of hydrogen-bond acceptors (Lipinski definition) is 4. The highest BCUT2D eigenvalue weighted by atomic mass is 16.5. The molecule has 88 valence electrons. The van der Waals surface area contributed by atoms with E-state index in [0.29, 0.717) is 22.7 Å². The van der Waals surface area contributed by atoms with E-state index in [9.17, 15) is 4.79 Å². The quantitative estimate of drug-likeness (QED) is 0.627. The molecule has 0 saturated carbocycles. The molecule has 0 unspecified atom stereocenters. The summed E-state index contributed by atoms with van der Waals surface area (Å²) in [7, 11) is 3.05. The Labute approximate surface area is 95.3 Å². The molecule has 1 aromatic rings. The third kappa shape index (κ3) is 2.27. The molecule has 0 aliphatic heterocycles. The van der Waals surface area contributed by atoms with E-state index in [2.05, 4.69) is 0 Å². The molecule has 16 heavy (non-hydrogen) atoms. The van der Waals surface area contributed by atoms with Gasteiger partial charge in [0.2, 0.25) is 0 Å². The summed E-state index contributed by atoms with van der Waals surface area (Å²) < 4.78 is 10.2. The fourth-order valence-corrected chi connectivity index (χ4v) is 1.42. The van der Waals surface area contributed by atoms with Gasteiger partial charge in [-0.05, 0) is 6.07 Å². The van der Waals surface area contributed by atoms with Crippen LogP contribution in [-0.4, -0.2) is 20.0 Å². The summed E-state index contributed by atoms with van der Waals surface area (Å²) >= 11 is 0. The van der Waals surface area contributed by atoms with Crippen LogP contribution in [0.25, 0.3) is 0 Å². The number of Topliss-reactive ketones (excluding diaryl/α,β-unsaturated/α-hetero) is 1. The van der Waals surface area contributed by atoms with E-state index in [1.807, 2.05) is 13.8 Å². The molecule has 0 amide bonds. The molecule has 0 atom stereocenters. The topological polar surface area (TPSA) is 61.5 Å². The average Bonchev–Trinajstić information content (AvgIpc) is 2.27. The molecule has 0 saturated heterocycles. The predicted molar refractivity (Wildman–Crippen MR) is 63.1 cm³/mol. The molecule has 1 aromatic carbocycles. The number of hydrogen-bond donors (Lipinski definition) is 1. The lowest BCUT2D eigenvalue weighted by atomic mass is 9.99. The summed E-state index contributed by atoms with van der Waals surface area (Å²) in [4.78, 5) is 11.9. The van der Waals surface area contributed by atoms with Gasteiger partial charge in [0.1, 0.15) is 0 Å². The Bertz CT molecular complexity index is 399. The van der Waals surface area contributed by atoms with Gasteiger partial charge in [0.25, 0.3) is 0 Å². The molecule has 0 spiro atoms. The van der Waals surface area contributed by atoms with Crippen LogP contribution in [0.3, 0.4) is 0 Å². The maximum atomic E-state index is 11.9. The molecule has 0 aliphatic carbocycles. The van der Waals surface area contributed by atoms with Crippen LogP contribution >= 0.6 is 0 Å². The zero-order chi connectivity index (χ0) is 12.3. The second-order valence-electron chi connectivity index (χ2n) is 3.81. The third-order valence-electron chi connectivity index (χ3n) is 2.35. The van der Waals surface area contributed by atoms with E-state index in [-0.39, 0.29) is 11.7 Å². The van der Waals surface area contributed by atoms with Crippen molar-refractivity contribution >= 4 is 11.5 Å². The lowest BCUT2D eigenvalue weighted by Gasteiger charge is -2.13. The van der Waals surface area contributed by atoms with E-state index in [1.54, 1.807) is 12.1 Å². The van der Waals surface area contributed by atoms with Gasteiger partial charge in [0.05, 0.1) is 14.2 Å². The Kier molecular flexibility index (Phi) is 3.77. The predicted octanol–water partition coefficient (Wildman–Crippen LogP) is 2.12. The minimum absolute atomic E-state index is 0.00143. The molecule has 0 radical (unpaired) electrons. The fraction of sp³-hybridized carbons (Fsp3) is 0.417. The van der Waals surface area contributed by atoms with E-state index in [1.165, 1.54) is 14.2 Å². The number of ketones is 1. The molecule has 0 fully saturated rings. The first-order valence-electron chi connectivity index (χ1n) is 5.07. The Morgan fingerprint density at radius 2 is 1.69 bits per heavy atom. The smallest absolute Gasteiger partial charge is 0.167 e. The highest BCUT2D eigenvalue weighted by Crippen LogP contribution is 2.32. The Morgan fingerprint density at radius 1 is 1.19 bits per heavy atom. The number of benzene rings is 1. The van der Waals surface area contributed by atoms with Gasteiger partial charge >= 0.3 is 0 Å². The second kappa shape index (κ2) is 4.88. The molecule has 2 N–H and O–H groups in total. The van der Waals surface area contributed by atoms with Crippen molar-refractivity contribution < 1.29 is 14.3 Å². The van der Waals surface area contributed by atoms with Crippen molar-refractivity contribution in [3.05, 3.63) is 17.7 Å². The van der Waals surface area contributed by atoms with Crippen LogP contribution in [0.4, 0.5) is 5.69 Å². The number of nitrogens with two attached hydrogens (primary N) is 1. The van der Waals surface area contributed by atoms with Crippen LogP contribution in [-0.2, 0) is 0 Å². The van der Waals surface area contributed by atoms with Gasteiger partial charge in [-0.15, -0.1) is 0 Å². The number of methoxy groups -OCH3 is 2. The second-order valence-corrected chi connectivity index (χ2v) is 3.81. The molecule has 0 bridgehead atoms. The van der Waals surface area contributed by atoms with Crippen LogP contribution in [0, 0.1) is 5.92 Å². The standard InChI is InChI=1S/C12H17NO3/c1-7(2)12(14)8-5-10(15-3)11(16-4)6-9(8)13/h5-7H,13H2,1-4H3. The Morgan fingerprint density at radius 3 is 2.12 bits per heavy atom. The molecule has 0 aromatic heterocycles. The average molecular weight is 223 g/mol. The van der Waals surface area contributed by atoms with Gasteiger partial charge in [0, 0.05) is 23.2 Å². The number of carbonyl (C=O) groups is 1. The fourth-order valence-electron chi connectivity index (χ4n) is 1.42. The third-order valence-corrected chi connectivity index (χ3v) is 2.35. The first kappa shape index (κ1) is 12.4. The van der Waals surface area contributed by atoms with Crippen molar-refractivity contribution in [3.8, 4) is 11.5 Å². The number of carbonyl (C=O) groups excluding carboxylic acids is 1. The summed E-state index contributed by atoms with van der Waals surface area (Å²) in [5.41, 5.74) is 6.70. The minimum atomic E-state index is -0.0969. The first-order chi connectivity index (χ1) is 7.51. The Hall–Kier alpha value is -1.71. The van der Waals surface area contributed by atoms with Gasteiger partial charge in [-0.2, -0.15) is 0 Å². The summed E-state index contributed by atoms with van der Waals surface area (Å²) in [6.07, 6.45) is 0. The Balaban J connectivity index is 3.26. The van der Waals surface area contributed by atoms with Gasteiger partial charge in [-0.25, -0.2) is 0 Å². The van der Waals surface area contributed by atoms with Crippen molar-refractivity contribution in [3.63, 3.8) is 0 Å². The van der Waals surface area contributed by atoms with E-state index in [4.69, 9.17) is 15.2 Å². The zero-order valence-electron chi connectivity index (χ0n) is 10.0. The molecule has 0 heterocycles. The maximum absolute atomic E-state index is 11.9. The van der Waals surface area contributed by atoms with Crippen molar-refractivity contribution in [1.29, 1.82) is 0 Å². The van der Waals surface area contributed by atoms with E-state index in [0.717, 1.165) is 0 Å². The summed E-state index contributed by atoms with van der Waals surface area (Å²) in [5.74, 6) is 0.944. The normalized spacial score (nSPS) is 10.3. The van der Waals surface area contributed by atoms with Gasteiger partial charge in [0.15, 0.2) is 17.3 Å². The largest absolute Gasteiger partial charge is 0.493 e. The van der Waals surface area contributed by atoms with Crippen LogP contribution in [0.5, 0.6) is 11.5 Å². The van der Waals surface area contributed by atoms with Crippen LogP contribution in [0.2, 0.25) is 0 Å². The number of ether oxygens (including phenoxy) is 2. The molecule has 4 heteroatoms. The van der Waals surface area contributed by atoms with Gasteiger partial charge in [-0.3, -0.25) is 4.79 Å². The van der Waals surface area contributed by atoms with Crippen LogP contribution in [0.15, 0.2) is 12.1 Å². The van der Waals surface area contributed by atoms with Crippen molar-refractivity contribution in [2.45, 2.75) is 13.8 Å². The highest BCUT2D eigenvalue weighted by Gasteiger charge is 2.17. The van der Waals surface area contributed by atoms with E-state index < -0.39 is 0 Å². The molecule has 0 aliphatic rings. The van der Waals surface area contributed by atoms with Crippen molar-refractivity contribution in [2.75, 3.05) is 20.0 Å². The summed E-state index contributed by atoms with van der Waals surface area (Å²) in [6, 6.07) is 3.23. The number of anilines is 1.